The van der Waals surface area contributed by atoms with Crippen LogP contribution in [0.2, 0.25) is 0 Å². The molecule has 1 atom stereocenters. The van der Waals surface area contributed by atoms with Gasteiger partial charge in [0.2, 0.25) is 0 Å². The number of nitriles is 1. The van der Waals surface area contributed by atoms with Crippen LogP contribution in [0.3, 0.4) is 0 Å². The first kappa shape index (κ1) is 28.9. The predicted octanol–water partition coefficient (Wildman–Crippen LogP) is 4.91. The molecule has 2 aliphatic rings. The van der Waals surface area contributed by atoms with E-state index in [9.17, 15) is 19.6 Å². The average Bonchev–Trinajstić information content (AvgIpc) is 3.12. The predicted molar refractivity (Wildman–Crippen MR) is 152 cm³/mol. The second-order valence-corrected chi connectivity index (χ2v) is 11.6. The summed E-state index contributed by atoms with van der Waals surface area (Å²) in [6.45, 7) is 8.66. The number of anilines is 1. The fourth-order valence-corrected chi connectivity index (χ4v) is 6.23. The van der Waals surface area contributed by atoms with E-state index < -0.39 is 5.97 Å². The summed E-state index contributed by atoms with van der Waals surface area (Å²) in [5.41, 5.74) is 1.17. The van der Waals surface area contributed by atoms with E-state index in [-0.39, 0.29) is 23.5 Å². The van der Waals surface area contributed by atoms with Crippen molar-refractivity contribution < 1.29 is 14.7 Å². The SMILES string of the molecule is CCCCn1c(N2CCCC(C)C2)c(C=C2SC(=S)N(CCCCCC(=O)O)C2=O)c(C)c(C#N)c1=O. The van der Waals surface area contributed by atoms with Crippen LogP contribution in [0.1, 0.15) is 81.9 Å². The second kappa shape index (κ2) is 13.2. The number of carboxylic acids is 1. The maximum Gasteiger partial charge on any atom is 0.303 e. The van der Waals surface area contributed by atoms with E-state index in [2.05, 4.69) is 24.8 Å². The molecule has 0 spiro atoms. The molecule has 0 aromatic carbocycles. The zero-order chi connectivity index (χ0) is 27.1. The van der Waals surface area contributed by atoms with E-state index in [0.29, 0.717) is 53.1 Å². The van der Waals surface area contributed by atoms with Gasteiger partial charge in [0.05, 0.1) is 4.91 Å². The van der Waals surface area contributed by atoms with Gasteiger partial charge in [-0.25, -0.2) is 0 Å². The maximum atomic E-state index is 13.4. The fraction of sp³-hybridized carbons (Fsp3) is 0.593. The fourth-order valence-electron chi connectivity index (χ4n) is 4.94. The minimum absolute atomic E-state index is 0.116. The lowest BCUT2D eigenvalue weighted by molar-refractivity contribution is -0.137. The lowest BCUT2D eigenvalue weighted by Crippen LogP contribution is -2.40. The molecular weight excluding hydrogens is 508 g/mol. The number of amides is 1. The maximum absolute atomic E-state index is 13.4. The van der Waals surface area contributed by atoms with Crippen molar-refractivity contribution in [1.82, 2.24) is 9.47 Å². The van der Waals surface area contributed by atoms with Crippen molar-refractivity contribution in [1.29, 1.82) is 5.26 Å². The third-order valence-electron chi connectivity index (χ3n) is 6.96. The molecule has 2 saturated heterocycles. The van der Waals surface area contributed by atoms with E-state index in [1.54, 1.807) is 16.4 Å². The topological polar surface area (TPSA) is 107 Å². The largest absolute Gasteiger partial charge is 0.481 e. The molecule has 0 radical (unpaired) electrons. The number of rotatable bonds is 11. The molecule has 1 aromatic heterocycles. The third kappa shape index (κ3) is 6.82. The molecule has 2 aliphatic heterocycles. The summed E-state index contributed by atoms with van der Waals surface area (Å²) in [5, 5.41) is 18.7. The Balaban J connectivity index is 2.01. The van der Waals surface area contributed by atoms with Crippen LogP contribution in [-0.4, -0.2) is 50.4 Å². The summed E-state index contributed by atoms with van der Waals surface area (Å²) in [7, 11) is 0. The van der Waals surface area contributed by atoms with Gasteiger partial charge in [0.25, 0.3) is 11.5 Å². The number of carbonyl (C=O) groups excluding carboxylic acids is 1. The van der Waals surface area contributed by atoms with Crippen LogP contribution in [0.5, 0.6) is 0 Å². The zero-order valence-electron chi connectivity index (χ0n) is 21.9. The first-order chi connectivity index (χ1) is 17.7. The molecule has 1 unspecified atom stereocenters. The monoisotopic (exact) mass is 544 g/mol. The van der Waals surface area contributed by atoms with E-state index >= 15 is 0 Å². The molecule has 1 N–H and O–H groups in total. The lowest BCUT2D eigenvalue weighted by Gasteiger charge is -2.36. The normalized spacial score (nSPS) is 19.1. The molecule has 2 fully saturated rings. The standard InChI is InChI=1S/C27H36N4O4S2/c1-4-5-13-30-24(29-12-9-10-18(2)17-29)20(19(3)21(16-28)25(30)34)15-22-26(35)31(27(36)37-22)14-8-6-7-11-23(32)33/h15,18H,4-14,17H2,1-3H3,(H,32,33). The van der Waals surface area contributed by atoms with Gasteiger partial charge in [0.1, 0.15) is 21.8 Å². The second-order valence-electron chi connectivity index (χ2n) is 9.89. The molecule has 3 heterocycles. The van der Waals surface area contributed by atoms with Gasteiger partial charge in [-0.2, -0.15) is 5.26 Å². The number of hydrogen-bond donors (Lipinski definition) is 1. The summed E-state index contributed by atoms with van der Waals surface area (Å²) in [6.07, 6.45) is 7.74. The number of hydrogen-bond acceptors (Lipinski definition) is 7. The molecular formula is C27H36N4O4S2. The van der Waals surface area contributed by atoms with Crippen LogP contribution in [0.4, 0.5) is 5.82 Å². The number of thioether (sulfide) groups is 1. The number of aromatic nitrogens is 1. The Hall–Kier alpha value is -2.64. The summed E-state index contributed by atoms with van der Waals surface area (Å²) in [5.74, 6) is 0.266. The van der Waals surface area contributed by atoms with Crippen molar-refractivity contribution >= 4 is 52.1 Å². The Morgan fingerprint density at radius 3 is 2.65 bits per heavy atom. The van der Waals surface area contributed by atoms with E-state index in [0.717, 1.165) is 50.2 Å². The number of carboxylic acid groups (broad SMARTS) is 1. The molecule has 37 heavy (non-hydrogen) atoms. The van der Waals surface area contributed by atoms with Crippen molar-refractivity contribution in [2.24, 2.45) is 5.92 Å². The van der Waals surface area contributed by atoms with Gasteiger partial charge in [0, 0.05) is 38.2 Å². The minimum atomic E-state index is -0.820. The highest BCUT2D eigenvalue weighted by atomic mass is 32.2. The van der Waals surface area contributed by atoms with Crippen LogP contribution in [0.25, 0.3) is 6.08 Å². The Kier molecular flexibility index (Phi) is 10.4. The van der Waals surface area contributed by atoms with Gasteiger partial charge in [-0.1, -0.05) is 50.7 Å². The summed E-state index contributed by atoms with van der Waals surface area (Å²) < 4.78 is 2.21. The van der Waals surface area contributed by atoms with Crippen molar-refractivity contribution in [3.8, 4) is 6.07 Å². The molecule has 10 heteroatoms. The summed E-state index contributed by atoms with van der Waals surface area (Å²) in [6, 6.07) is 2.11. The van der Waals surface area contributed by atoms with Crippen molar-refractivity contribution in [3.05, 3.63) is 31.9 Å². The number of aliphatic carboxylic acids is 1. The molecule has 0 saturated carbocycles. The van der Waals surface area contributed by atoms with Crippen LogP contribution in [0.15, 0.2) is 9.70 Å². The van der Waals surface area contributed by atoms with E-state index in [1.165, 1.54) is 11.8 Å². The first-order valence-electron chi connectivity index (χ1n) is 13.1. The highest BCUT2D eigenvalue weighted by Crippen LogP contribution is 2.37. The van der Waals surface area contributed by atoms with Crippen molar-refractivity contribution in [2.75, 3.05) is 24.5 Å². The van der Waals surface area contributed by atoms with Crippen molar-refractivity contribution in [2.45, 2.75) is 78.7 Å². The average molecular weight is 545 g/mol. The molecule has 1 aromatic rings. The Labute approximate surface area is 228 Å². The molecule has 3 rings (SSSR count). The number of carbonyl (C=O) groups is 2. The van der Waals surface area contributed by atoms with Gasteiger partial charge >= 0.3 is 5.97 Å². The molecule has 200 valence electrons. The first-order valence-corrected chi connectivity index (χ1v) is 14.3. The molecule has 0 aliphatic carbocycles. The molecule has 8 nitrogen and oxygen atoms in total. The van der Waals surface area contributed by atoms with Crippen molar-refractivity contribution in [3.63, 3.8) is 0 Å². The van der Waals surface area contributed by atoms with Gasteiger partial charge in [-0.3, -0.25) is 23.9 Å². The molecule has 1 amide bonds. The van der Waals surface area contributed by atoms with Gasteiger partial charge in [-0.05, 0) is 56.6 Å². The third-order valence-corrected chi connectivity index (χ3v) is 8.34. The smallest absolute Gasteiger partial charge is 0.303 e. The Morgan fingerprint density at radius 2 is 2.00 bits per heavy atom. The van der Waals surface area contributed by atoms with Gasteiger partial charge in [-0.15, -0.1) is 0 Å². The minimum Gasteiger partial charge on any atom is -0.481 e. The van der Waals surface area contributed by atoms with Gasteiger partial charge in [0.15, 0.2) is 0 Å². The van der Waals surface area contributed by atoms with Crippen LogP contribution < -0.4 is 10.5 Å². The lowest BCUT2D eigenvalue weighted by atomic mass is 9.98. The Bertz CT molecular complexity index is 1180. The zero-order valence-corrected chi connectivity index (χ0v) is 23.6. The molecule has 0 bridgehead atoms. The summed E-state index contributed by atoms with van der Waals surface area (Å²) in [4.78, 5) is 41.8. The summed E-state index contributed by atoms with van der Waals surface area (Å²) >= 11 is 6.74. The number of unbranched alkanes of at least 4 members (excludes halogenated alkanes) is 3. The Morgan fingerprint density at radius 1 is 1.24 bits per heavy atom. The van der Waals surface area contributed by atoms with Crippen LogP contribution in [0, 0.1) is 24.2 Å². The van der Waals surface area contributed by atoms with Crippen LogP contribution in [-0.2, 0) is 16.1 Å². The quantitative estimate of drug-likeness (QED) is 0.238. The number of pyridine rings is 1. The van der Waals surface area contributed by atoms with Crippen LogP contribution >= 0.6 is 24.0 Å². The van der Waals surface area contributed by atoms with E-state index in [1.807, 2.05) is 6.08 Å². The number of piperidine rings is 1. The highest BCUT2D eigenvalue weighted by molar-refractivity contribution is 8.26. The highest BCUT2D eigenvalue weighted by Gasteiger charge is 2.33. The number of thiocarbonyl (C=S) groups is 1. The van der Waals surface area contributed by atoms with E-state index in [4.69, 9.17) is 17.3 Å². The number of nitrogens with zero attached hydrogens (tertiary/aromatic N) is 4. The van der Waals surface area contributed by atoms with Gasteiger partial charge < -0.3 is 10.0 Å².